The third-order valence-electron chi connectivity index (χ3n) is 10.6. The number of para-hydroxylation sites is 2. The lowest BCUT2D eigenvalue weighted by Crippen LogP contribution is -2.60. The molecular weight excluding hydrogens is 829 g/mol. The van der Waals surface area contributed by atoms with Crippen molar-refractivity contribution in [2.45, 2.75) is 95.2 Å². The van der Waals surface area contributed by atoms with E-state index in [2.05, 4.69) is 36.6 Å². The fourth-order valence-corrected chi connectivity index (χ4v) is 7.19. The Morgan fingerprint density at radius 3 is 1.45 bits per heavy atom. The molecule has 5 rings (SSSR count). The van der Waals surface area contributed by atoms with E-state index in [-0.39, 0.29) is 37.4 Å². The number of nitrogens with two attached hydrogens (primary N) is 1. The van der Waals surface area contributed by atoms with E-state index in [1.165, 1.54) is 19.1 Å². The molecule has 3 aromatic carbocycles. The number of aliphatic hydroxyl groups is 1. The first kappa shape index (κ1) is 47.8. The second-order valence-electron chi connectivity index (χ2n) is 16.1. The largest absolute Gasteiger partial charge is 0.508 e. The predicted molar refractivity (Wildman–Crippen MR) is 234 cm³/mol. The Kier molecular flexibility index (Phi) is 16.2. The number of benzene rings is 3. The summed E-state index contributed by atoms with van der Waals surface area (Å²) in [6, 6.07) is 11.7. The number of nitrogens with one attached hydrogen (secondary N) is 7. The quantitative estimate of drug-likeness (QED) is 0.0466. The highest BCUT2D eigenvalue weighted by Crippen LogP contribution is 2.22. The minimum atomic E-state index is -1.79. The van der Waals surface area contributed by atoms with Gasteiger partial charge in [0.05, 0.1) is 12.5 Å². The number of aliphatic carboxylic acids is 2. The van der Waals surface area contributed by atoms with Crippen molar-refractivity contribution in [1.82, 2.24) is 36.6 Å². The smallest absolute Gasteiger partial charge is 0.326 e. The lowest BCUT2D eigenvalue weighted by atomic mass is 9.99. The highest BCUT2D eigenvalue weighted by atomic mass is 16.4. The first-order chi connectivity index (χ1) is 30.4. The molecule has 0 aliphatic carbocycles. The summed E-state index contributed by atoms with van der Waals surface area (Å²) < 4.78 is 0. The number of fused-ring (bicyclic) bond motifs is 2. The summed E-state index contributed by atoms with van der Waals surface area (Å²) in [6.45, 7) is 4.83. The van der Waals surface area contributed by atoms with Crippen LogP contribution in [-0.4, -0.2) is 114 Å². The van der Waals surface area contributed by atoms with E-state index in [1.807, 2.05) is 36.4 Å². The molecule has 19 nitrogen and oxygen atoms in total. The molecule has 0 bridgehead atoms. The van der Waals surface area contributed by atoms with Crippen molar-refractivity contribution in [3.63, 3.8) is 0 Å². The fourth-order valence-electron chi connectivity index (χ4n) is 7.19. The van der Waals surface area contributed by atoms with E-state index >= 15 is 0 Å². The number of hydrogen-bond acceptors (Lipinski definition) is 10. The molecule has 19 heteroatoms. The van der Waals surface area contributed by atoms with Gasteiger partial charge in [0.25, 0.3) is 0 Å². The topological polar surface area (TPSA) is 318 Å². The van der Waals surface area contributed by atoms with Gasteiger partial charge in [-0.15, -0.1) is 0 Å². The maximum Gasteiger partial charge on any atom is 0.326 e. The molecule has 0 radical (unpaired) electrons. The second-order valence-corrected chi connectivity index (χ2v) is 16.1. The third-order valence-corrected chi connectivity index (χ3v) is 10.6. The van der Waals surface area contributed by atoms with Crippen molar-refractivity contribution in [2.75, 3.05) is 0 Å². The fraction of sp³-hybridized carbons (Fsp3) is 0.356. The average Bonchev–Trinajstić information content (AvgIpc) is 3.86. The molecule has 340 valence electrons. The number of carboxylic acid groups (broad SMARTS) is 2. The number of carbonyl (C=O) groups excluding carboxylic acids is 5. The van der Waals surface area contributed by atoms with Crippen molar-refractivity contribution < 1.29 is 54.0 Å². The molecule has 2 aromatic heterocycles. The molecule has 0 saturated heterocycles. The van der Waals surface area contributed by atoms with Crippen molar-refractivity contribution in [3.8, 4) is 5.75 Å². The Labute approximate surface area is 367 Å². The molecule has 13 N–H and O–H groups in total. The van der Waals surface area contributed by atoms with Gasteiger partial charge in [0.1, 0.15) is 42.0 Å². The zero-order valence-corrected chi connectivity index (χ0v) is 35.5. The van der Waals surface area contributed by atoms with Crippen LogP contribution in [0.15, 0.2) is 85.2 Å². The summed E-state index contributed by atoms with van der Waals surface area (Å²) in [5.41, 5.74) is 9.14. The SMILES string of the molecule is CC(C)C[C@H](NC(=O)[C@H](Cc1c[nH]c2ccccc12)NC(=O)[C@H](Cc1c[nH]c2ccccc12)NC(=O)[C@H](Cc1ccc(O)cc1)NC(=O)[C@@H](N)[C@@H](C)O)C(=O)N[C@@H](CC(=O)O)C(=O)O. The Morgan fingerprint density at radius 2 is 1.00 bits per heavy atom. The van der Waals surface area contributed by atoms with Crippen LogP contribution in [0.4, 0.5) is 0 Å². The van der Waals surface area contributed by atoms with Gasteiger partial charge in [-0.3, -0.25) is 28.8 Å². The molecule has 7 atom stereocenters. The van der Waals surface area contributed by atoms with Crippen LogP contribution in [0.5, 0.6) is 5.75 Å². The van der Waals surface area contributed by atoms with Gasteiger partial charge in [-0.25, -0.2) is 4.79 Å². The van der Waals surface area contributed by atoms with Crippen molar-refractivity contribution in [1.29, 1.82) is 0 Å². The van der Waals surface area contributed by atoms with Gasteiger partial charge in [0, 0.05) is 53.5 Å². The molecular formula is C45H54N8O11. The minimum absolute atomic E-state index is 0.0108. The molecule has 0 aliphatic heterocycles. The zero-order chi connectivity index (χ0) is 46.7. The van der Waals surface area contributed by atoms with Gasteiger partial charge >= 0.3 is 11.9 Å². The summed E-state index contributed by atoms with van der Waals surface area (Å²) in [5.74, 6) is -7.60. The number of phenols is 1. The molecule has 0 saturated carbocycles. The van der Waals surface area contributed by atoms with Crippen LogP contribution in [0.1, 0.15) is 50.3 Å². The van der Waals surface area contributed by atoms with Gasteiger partial charge in [0.15, 0.2) is 0 Å². The number of aromatic nitrogens is 2. The number of carboxylic acids is 2. The molecule has 64 heavy (non-hydrogen) atoms. The number of rotatable bonds is 22. The van der Waals surface area contributed by atoms with Crippen molar-refractivity contribution in [2.24, 2.45) is 11.7 Å². The lowest BCUT2D eigenvalue weighted by Gasteiger charge is -2.28. The lowest BCUT2D eigenvalue weighted by molar-refractivity contribution is -0.147. The third kappa shape index (κ3) is 12.9. The number of carbonyl (C=O) groups is 7. The predicted octanol–water partition coefficient (Wildman–Crippen LogP) is 1.12. The Hall–Kier alpha value is -7.25. The number of phenolic OH excluding ortho intramolecular Hbond substituents is 1. The molecule has 0 aliphatic rings. The summed E-state index contributed by atoms with van der Waals surface area (Å²) in [6.07, 6.45) is 0.801. The molecule has 0 fully saturated rings. The normalized spacial score (nSPS) is 14.7. The van der Waals surface area contributed by atoms with Gasteiger partial charge in [0.2, 0.25) is 29.5 Å². The Bertz CT molecular complexity index is 2460. The van der Waals surface area contributed by atoms with Crippen LogP contribution in [0.25, 0.3) is 21.8 Å². The standard InChI is InChI=1S/C45H54N8O11/c1-23(2)16-33(40(58)53-37(45(63)64)20-38(56)57)49-42(60)35(18-26-21-47-31-10-6-4-8-29(26)31)51-43(61)36(19-27-22-48-32-11-7-5-9-30(27)32)50-41(59)34(52-44(62)39(46)24(3)54)17-25-12-14-28(55)15-13-25/h4-15,21-24,33-37,39,47-48,54-55H,16-20,46H2,1-3H3,(H,49,60)(H,50,59)(H,51,61)(H,52,62)(H,53,58)(H,56,57)(H,63,64)/t24-,33+,34+,35+,36+,37+,39+/m1/s1. The van der Waals surface area contributed by atoms with Crippen LogP contribution in [0.2, 0.25) is 0 Å². The second kappa shape index (κ2) is 21.7. The molecule has 0 unspecified atom stereocenters. The first-order valence-electron chi connectivity index (χ1n) is 20.7. The first-order valence-corrected chi connectivity index (χ1v) is 20.7. The highest BCUT2D eigenvalue weighted by molar-refractivity contribution is 5.98. The van der Waals surface area contributed by atoms with Crippen LogP contribution in [0, 0.1) is 5.92 Å². The summed E-state index contributed by atoms with van der Waals surface area (Å²) >= 11 is 0. The van der Waals surface area contributed by atoms with Crippen LogP contribution >= 0.6 is 0 Å². The molecule has 5 amide bonds. The van der Waals surface area contributed by atoms with E-state index in [0.29, 0.717) is 16.7 Å². The van der Waals surface area contributed by atoms with E-state index in [4.69, 9.17) is 5.73 Å². The number of aromatic hydroxyl groups is 1. The number of amides is 5. The summed E-state index contributed by atoms with van der Waals surface area (Å²) in [7, 11) is 0. The molecule has 2 heterocycles. The average molecular weight is 883 g/mol. The molecule has 0 spiro atoms. The van der Waals surface area contributed by atoms with Crippen molar-refractivity contribution >= 4 is 63.3 Å². The van der Waals surface area contributed by atoms with Crippen LogP contribution < -0.4 is 32.3 Å². The number of aromatic amines is 2. The van der Waals surface area contributed by atoms with Crippen molar-refractivity contribution in [3.05, 3.63) is 102 Å². The van der Waals surface area contributed by atoms with E-state index in [1.54, 1.807) is 50.5 Å². The van der Waals surface area contributed by atoms with Gasteiger partial charge in [-0.1, -0.05) is 62.4 Å². The van der Waals surface area contributed by atoms with Gasteiger partial charge in [-0.2, -0.15) is 0 Å². The van der Waals surface area contributed by atoms with E-state index < -0.39 is 90.3 Å². The van der Waals surface area contributed by atoms with Crippen LogP contribution in [0.3, 0.4) is 0 Å². The number of H-pyrrole nitrogens is 2. The van der Waals surface area contributed by atoms with Gasteiger partial charge in [-0.05, 0) is 60.2 Å². The van der Waals surface area contributed by atoms with E-state index in [9.17, 15) is 54.0 Å². The maximum absolute atomic E-state index is 14.7. The van der Waals surface area contributed by atoms with Crippen LogP contribution in [-0.2, 0) is 52.8 Å². The summed E-state index contributed by atoms with van der Waals surface area (Å²) in [5, 5.41) is 53.2. The summed E-state index contributed by atoms with van der Waals surface area (Å²) in [4.78, 5) is 99.6. The molecule has 5 aromatic rings. The number of hydrogen-bond donors (Lipinski definition) is 12. The monoisotopic (exact) mass is 882 g/mol. The highest BCUT2D eigenvalue weighted by Gasteiger charge is 2.35. The Balaban J connectivity index is 1.50. The number of aliphatic hydroxyl groups excluding tert-OH is 1. The Morgan fingerprint density at radius 1 is 0.578 bits per heavy atom. The minimum Gasteiger partial charge on any atom is -0.508 e. The zero-order valence-electron chi connectivity index (χ0n) is 35.5. The van der Waals surface area contributed by atoms with Gasteiger partial charge < -0.3 is 62.7 Å². The van der Waals surface area contributed by atoms with E-state index in [0.717, 1.165) is 21.8 Å². The maximum atomic E-state index is 14.7.